The van der Waals surface area contributed by atoms with Gasteiger partial charge in [-0.15, -0.1) is 0 Å². The molecule has 0 aromatic heterocycles. The molecule has 2 aromatic rings. The van der Waals surface area contributed by atoms with Crippen molar-refractivity contribution < 1.29 is 23.8 Å². The molecule has 2 rings (SSSR count). The quantitative estimate of drug-likeness (QED) is 0.316. The van der Waals surface area contributed by atoms with Gasteiger partial charge in [0.1, 0.15) is 11.6 Å². The molecule has 2 aromatic carbocycles. The Morgan fingerprint density at radius 2 is 1.72 bits per heavy atom. The summed E-state index contributed by atoms with van der Waals surface area (Å²) in [5, 5.41) is 15.0. The van der Waals surface area contributed by atoms with Gasteiger partial charge in [0, 0.05) is 19.3 Å². The number of hydrogen-bond acceptors (Lipinski definition) is 7. The maximum Gasteiger partial charge on any atom is 0.338 e. The van der Waals surface area contributed by atoms with Crippen molar-refractivity contribution in [2.24, 2.45) is 0 Å². The fraction of sp³-hybridized carbons (Fsp3) is 0.292. The SMILES string of the molecule is CCOC(=O)c1ccc(CN/C=C(/C#N)C(=O)NCCc2ccc(OC)c(OC)c2)cc1. The molecule has 1 amide bonds. The van der Waals surface area contributed by atoms with E-state index in [1.807, 2.05) is 18.2 Å². The highest BCUT2D eigenvalue weighted by atomic mass is 16.5. The molecule has 8 heteroatoms. The molecule has 0 heterocycles. The van der Waals surface area contributed by atoms with Crippen molar-refractivity contribution in [3.8, 4) is 17.6 Å². The summed E-state index contributed by atoms with van der Waals surface area (Å²) in [4.78, 5) is 23.9. The summed E-state index contributed by atoms with van der Waals surface area (Å²) >= 11 is 0. The van der Waals surface area contributed by atoms with Gasteiger partial charge in [-0.05, 0) is 48.7 Å². The highest BCUT2D eigenvalue weighted by Gasteiger charge is 2.10. The lowest BCUT2D eigenvalue weighted by Crippen LogP contribution is -2.27. The molecule has 0 saturated carbocycles. The van der Waals surface area contributed by atoms with Crippen LogP contribution in [-0.2, 0) is 22.5 Å². The number of ether oxygens (including phenoxy) is 3. The summed E-state index contributed by atoms with van der Waals surface area (Å²) in [6, 6.07) is 14.3. The largest absolute Gasteiger partial charge is 0.493 e. The van der Waals surface area contributed by atoms with Crippen LogP contribution in [0, 0.1) is 11.3 Å². The number of nitrogens with one attached hydrogen (secondary N) is 2. The molecule has 0 spiro atoms. The molecule has 168 valence electrons. The third-order valence-electron chi connectivity index (χ3n) is 4.53. The Morgan fingerprint density at radius 3 is 2.34 bits per heavy atom. The van der Waals surface area contributed by atoms with Crippen molar-refractivity contribution in [3.05, 3.63) is 70.9 Å². The van der Waals surface area contributed by atoms with E-state index in [9.17, 15) is 14.9 Å². The average Bonchev–Trinajstić information content (AvgIpc) is 2.82. The Bertz CT molecular complexity index is 994. The maximum absolute atomic E-state index is 12.3. The second-order valence-electron chi connectivity index (χ2n) is 6.66. The number of methoxy groups -OCH3 is 2. The molecule has 32 heavy (non-hydrogen) atoms. The number of carbonyl (C=O) groups is 2. The number of nitriles is 1. The molecular formula is C24H27N3O5. The number of esters is 1. The minimum atomic E-state index is -0.460. The molecule has 0 aliphatic rings. The Balaban J connectivity index is 1.84. The van der Waals surface area contributed by atoms with Crippen LogP contribution in [0.4, 0.5) is 0 Å². The van der Waals surface area contributed by atoms with Crippen LogP contribution in [0.5, 0.6) is 11.5 Å². The van der Waals surface area contributed by atoms with E-state index < -0.39 is 5.91 Å². The summed E-state index contributed by atoms with van der Waals surface area (Å²) in [5.41, 5.74) is 2.30. The molecule has 0 aliphatic heterocycles. The fourth-order valence-electron chi connectivity index (χ4n) is 2.84. The Kier molecular flexibility index (Phi) is 9.60. The summed E-state index contributed by atoms with van der Waals surface area (Å²) in [6.07, 6.45) is 1.95. The van der Waals surface area contributed by atoms with Gasteiger partial charge in [0.25, 0.3) is 5.91 Å². The molecular weight excluding hydrogens is 410 g/mol. The highest BCUT2D eigenvalue weighted by molar-refractivity contribution is 5.97. The van der Waals surface area contributed by atoms with Crippen molar-refractivity contribution in [3.63, 3.8) is 0 Å². The third-order valence-corrected chi connectivity index (χ3v) is 4.53. The van der Waals surface area contributed by atoms with Crippen LogP contribution >= 0.6 is 0 Å². The predicted molar refractivity (Wildman–Crippen MR) is 119 cm³/mol. The predicted octanol–water partition coefficient (Wildman–Crippen LogP) is 2.74. The topological polar surface area (TPSA) is 110 Å². The Hall–Kier alpha value is -3.99. The van der Waals surface area contributed by atoms with Crippen LogP contribution < -0.4 is 20.1 Å². The lowest BCUT2D eigenvalue weighted by atomic mass is 10.1. The van der Waals surface area contributed by atoms with Crippen LogP contribution in [0.1, 0.15) is 28.4 Å². The first-order valence-corrected chi connectivity index (χ1v) is 10.1. The minimum Gasteiger partial charge on any atom is -0.493 e. The van der Waals surface area contributed by atoms with Crippen LogP contribution in [0.15, 0.2) is 54.2 Å². The second-order valence-corrected chi connectivity index (χ2v) is 6.66. The maximum atomic E-state index is 12.3. The monoisotopic (exact) mass is 437 g/mol. The number of rotatable bonds is 11. The normalized spacial score (nSPS) is 10.6. The third kappa shape index (κ3) is 7.06. The van der Waals surface area contributed by atoms with Crippen molar-refractivity contribution >= 4 is 11.9 Å². The van der Waals surface area contributed by atoms with E-state index >= 15 is 0 Å². The highest BCUT2D eigenvalue weighted by Crippen LogP contribution is 2.27. The molecule has 0 unspecified atom stereocenters. The number of carbonyl (C=O) groups excluding carboxylic acids is 2. The van der Waals surface area contributed by atoms with Crippen LogP contribution in [-0.4, -0.2) is 39.2 Å². The number of benzene rings is 2. The first kappa shape index (κ1) is 24.3. The summed E-state index contributed by atoms with van der Waals surface area (Å²) in [7, 11) is 3.13. The molecule has 0 saturated heterocycles. The van der Waals surface area contributed by atoms with Crippen LogP contribution in [0.3, 0.4) is 0 Å². The molecule has 0 aliphatic carbocycles. The van der Waals surface area contributed by atoms with E-state index in [4.69, 9.17) is 14.2 Å². The molecule has 0 radical (unpaired) electrons. The van der Waals surface area contributed by atoms with Crippen molar-refractivity contribution in [2.75, 3.05) is 27.4 Å². The van der Waals surface area contributed by atoms with Gasteiger partial charge in [-0.1, -0.05) is 18.2 Å². The zero-order valence-corrected chi connectivity index (χ0v) is 18.4. The van der Waals surface area contributed by atoms with Gasteiger partial charge < -0.3 is 24.8 Å². The Morgan fingerprint density at radius 1 is 1.03 bits per heavy atom. The van der Waals surface area contributed by atoms with Gasteiger partial charge in [0.15, 0.2) is 11.5 Å². The molecule has 2 N–H and O–H groups in total. The van der Waals surface area contributed by atoms with Gasteiger partial charge in [-0.3, -0.25) is 4.79 Å². The molecule has 0 bridgehead atoms. The summed E-state index contributed by atoms with van der Waals surface area (Å²) in [5.74, 6) is 0.423. The van der Waals surface area contributed by atoms with Crippen molar-refractivity contribution in [2.45, 2.75) is 19.9 Å². The van der Waals surface area contributed by atoms with Gasteiger partial charge in [-0.2, -0.15) is 5.26 Å². The standard InChI is InChI=1S/C24H27N3O5/c1-4-32-24(29)19-8-5-18(6-9-19)15-26-16-20(14-25)23(28)27-12-11-17-7-10-21(30-2)22(13-17)31-3/h5-10,13,16,26H,4,11-12,15H2,1-3H3,(H,27,28)/b20-16-. The van der Waals surface area contributed by atoms with Crippen LogP contribution in [0.25, 0.3) is 0 Å². The first-order chi connectivity index (χ1) is 15.5. The van der Waals surface area contributed by atoms with E-state index in [0.29, 0.717) is 43.2 Å². The van der Waals surface area contributed by atoms with Gasteiger partial charge in [0.05, 0.1) is 26.4 Å². The number of nitrogens with zero attached hydrogens (tertiary/aromatic N) is 1. The summed E-state index contributed by atoms with van der Waals surface area (Å²) < 4.78 is 15.4. The van der Waals surface area contributed by atoms with E-state index in [1.165, 1.54) is 6.20 Å². The van der Waals surface area contributed by atoms with Gasteiger partial charge in [-0.25, -0.2) is 4.79 Å². The zero-order chi connectivity index (χ0) is 23.3. The number of hydrogen-bond donors (Lipinski definition) is 2. The molecule has 8 nitrogen and oxygen atoms in total. The van der Waals surface area contributed by atoms with Gasteiger partial charge >= 0.3 is 5.97 Å². The summed E-state index contributed by atoms with van der Waals surface area (Å²) in [6.45, 7) is 2.83. The lowest BCUT2D eigenvalue weighted by Gasteiger charge is -2.10. The van der Waals surface area contributed by atoms with Crippen LogP contribution in [0.2, 0.25) is 0 Å². The van der Waals surface area contributed by atoms with E-state index in [2.05, 4.69) is 10.6 Å². The number of amides is 1. The van der Waals surface area contributed by atoms with Crippen molar-refractivity contribution in [1.29, 1.82) is 5.26 Å². The first-order valence-electron chi connectivity index (χ1n) is 10.1. The second kappa shape index (κ2) is 12.6. The Labute approximate surface area is 187 Å². The minimum absolute atomic E-state index is 0.0274. The molecule has 0 atom stereocenters. The van der Waals surface area contributed by atoms with E-state index in [0.717, 1.165) is 11.1 Å². The zero-order valence-electron chi connectivity index (χ0n) is 18.4. The fourth-order valence-corrected chi connectivity index (χ4v) is 2.84. The van der Waals surface area contributed by atoms with E-state index in [1.54, 1.807) is 51.5 Å². The molecule has 0 fully saturated rings. The van der Waals surface area contributed by atoms with E-state index in [-0.39, 0.29) is 11.5 Å². The average molecular weight is 437 g/mol. The lowest BCUT2D eigenvalue weighted by molar-refractivity contribution is -0.117. The van der Waals surface area contributed by atoms with Crippen molar-refractivity contribution in [1.82, 2.24) is 10.6 Å². The van der Waals surface area contributed by atoms with Gasteiger partial charge in [0.2, 0.25) is 0 Å². The smallest absolute Gasteiger partial charge is 0.338 e.